The van der Waals surface area contributed by atoms with Gasteiger partial charge in [-0.15, -0.1) is 0 Å². The average Bonchev–Trinajstić information content (AvgIpc) is 3.00. The molecule has 286 valence electrons. The molecule has 0 aliphatic rings. The Morgan fingerprint density at radius 2 is 0.520 bits per heavy atom. The molecule has 0 rings (SSSR count). The van der Waals surface area contributed by atoms with Crippen molar-refractivity contribution in [3.05, 3.63) is 0 Å². The zero-order valence-corrected chi connectivity index (χ0v) is 37.5. The van der Waals surface area contributed by atoms with Crippen LogP contribution in [0.2, 0.25) is 0 Å². The molecular weight excluding hydrogens is 1040 g/mol. The Balaban J connectivity index is -0.000000199. The molecule has 0 fully saturated rings. The number of unbranched alkanes of at least 4 members (excludes halogenated alkanes) is 15. The fourth-order valence-corrected chi connectivity index (χ4v) is 5.03. The Labute approximate surface area is 338 Å². The van der Waals surface area contributed by atoms with E-state index in [1.165, 1.54) is 38.5 Å². The zero-order chi connectivity index (χ0) is 37.2. The molecule has 0 heterocycles. The van der Waals surface area contributed by atoms with Crippen molar-refractivity contribution in [3.63, 3.8) is 0 Å². The van der Waals surface area contributed by atoms with E-state index >= 15 is 0 Å². The van der Waals surface area contributed by atoms with Gasteiger partial charge in [0.15, 0.2) is 0 Å². The van der Waals surface area contributed by atoms with Crippen LogP contribution in [0.3, 0.4) is 0 Å². The Morgan fingerprint density at radius 1 is 0.340 bits per heavy atom. The summed E-state index contributed by atoms with van der Waals surface area (Å²) in [5, 5.41) is 62.7. The normalized spacial score (nSPS) is 11.8. The molecule has 14 heteroatoms. The summed E-state index contributed by atoms with van der Waals surface area (Å²) in [6, 6.07) is 0. The first-order chi connectivity index (χ1) is 22.7. The minimum absolute atomic E-state index is 0. The predicted molar refractivity (Wildman–Crippen MR) is 180 cm³/mol. The van der Waals surface area contributed by atoms with Crippen LogP contribution >= 0.6 is 0 Å². The molecule has 0 aromatic rings. The number of carbonyl (C=O) groups excluding carboxylic acids is 6. The molecule has 50 heavy (non-hydrogen) atoms. The van der Waals surface area contributed by atoms with Gasteiger partial charge in [0.05, 0.1) is 0 Å². The Hall–Kier alpha value is -1.41. The molecule has 0 saturated heterocycles. The third-order valence-corrected chi connectivity index (χ3v) is 7.96. The maximum Gasteiger partial charge on any atom is 3.00 e. The first-order valence-corrected chi connectivity index (χ1v) is 17.9. The number of carboxylic acid groups (broad SMARTS) is 6. The number of carbonyl (C=O) groups is 6. The minimum Gasteiger partial charge on any atom is -0.550 e. The molecular formula is C36H60Bi2O12. The number of rotatable bonds is 30. The van der Waals surface area contributed by atoms with Crippen molar-refractivity contribution in [3.8, 4) is 0 Å². The number of hydrogen-bond acceptors (Lipinski definition) is 12. The molecule has 0 spiro atoms. The second kappa shape index (κ2) is 42.0. The number of carboxylic acids is 6. The zero-order valence-electron chi connectivity index (χ0n) is 30.5. The largest absolute Gasteiger partial charge is 3.00 e. The third kappa shape index (κ3) is 44.6. The summed E-state index contributed by atoms with van der Waals surface area (Å²) >= 11 is 0. The molecule has 0 bridgehead atoms. The van der Waals surface area contributed by atoms with E-state index in [4.69, 9.17) is 0 Å². The molecule has 0 aromatic heterocycles. The molecule has 0 saturated carbocycles. The van der Waals surface area contributed by atoms with Crippen LogP contribution in [0.25, 0.3) is 0 Å². The number of hydrogen-bond donors (Lipinski definition) is 0. The Kier molecular flexibility index (Phi) is 48.6. The summed E-state index contributed by atoms with van der Waals surface area (Å²) in [6.45, 7) is 6.39. The third-order valence-electron chi connectivity index (χ3n) is 7.96. The van der Waals surface area contributed by atoms with Crippen molar-refractivity contribution in [1.82, 2.24) is 0 Å². The van der Waals surface area contributed by atoms with Crippen LogP contribution in [-0.2, 0) is 28.8 Å². The number of aliphatic carboxylic acids is 6. The van der Waals surface area contributed by atoms with E-state index in [2.05, 4.69) is 20.8 Å². The summed E-state index contributed by atoms with van der Waals surface area (Å²) in [5.74, 6) is -10.5. The van der Waals surface area contributed by atoms with Gasteiger partial charge in [0.2, 0.25) is 0 Å². The van der Waals surface area contributed by atoms with E-state index in [-0.39, 0.29) is 52.4 Å². The first kappa shape index (κ1) is 57.9. The minimum atomic E-state index is -1.32. The smallest absolute Gasteiger partial charge is 0.550 e. The fourth-order valence-electron chi connectivity index (χ4n) is 5.03. The van der Waals surface area contributed by atoms with Crippen LogP contribution in [0.5, 0.6) is 0 Å². The van der Waals surface area contributed by atoms with Crippen molar-refractivity contribution >= 4 is 88.2 Å². The van der Waals surface area contributed by atoms with Crippen molar-refractivity contribution in [2.75, 3.05) is 0 Å². The second-order valence-corrected chi connectivity index (χ2v) is 12.4. The quantitative estimate of drug-likeness (QED) is 0.0681. The van der Waals surface area contributed by atoms with Crippen LogP contribution in [-0.4, -0.2) is 88.2 Å². The van der Waals surface area contributed by atoms with E-state index in [1.54, 1.807) is 0 Å². The standard InChI is InChI=1S/3C12H22O4.2Bi/c3*1-2-3-4-5-6-7-8-10(12(15)16)9-11(13)14;;/h3*10H,2-9H2,1H3,(H,13,14)(H,15,16);;/q;;;2*+3/p-6. The SMILES string of the molecule is CCCCCCCCC(CC(=O)[O-])C(=O)[O-].CCCCCCCCC(CC(=O)[O-])C(=O)[O-].CCCCCCCCC(CC(=O)[O-])C(=O)[O-].[Bi+3].[Bi+3]. The van der Waals surface area contributed by atoms with Crippen LogP contribution in [0.15, 0.2) is 0 Å². The van der Waals surface area contributed by atoms with Crippen molar-refractivity contribution < 1.29 is 59.4 Å². The molecule has 12 nitrogen and oxygen atoms in total. The van der Waals surface area contributed by atoms with Gasteiger partial charge in [-0.2, -0.15) is 0 Å². The van der Waals surface area contributed by atoms with Crippen LogP contribution < -0.4 is 30.6 Å². The molecule has 3 unspecified atom stereocenters. The molecule has 0 amide bonds. The van der Waals surface area contributed by atoms with Crippen LogP contribution in [0.4, 0.5) is 0 Å². The van der Waals surface area contributed by atoms with Gasteiger partial charge in [0.25, 0.3) is 0 Å². The Morgan fingerprint density at radius 3 is 0.680 bits per heavy atom. The monoisotopic (exact) mass is 1100 g/mol. The van der Waals surface area contributed by atoms with E-state index in [0.29, 0.717) is 19.3 Å². The fraction of sp³-hybridized carbons (Fsp3) is 0.833. The summed E-state index contributed by atoms with van der Waals surface area (Å²) in [7, 11) is 0. The van der Waals surface area contributed by atoms with Crippen molar-refractivity contribution in [1.29, 1.82) is 0 Å². The van der Waals surface area contributed by atoms with E-state index < -0.39 is 72.8 Å². The van der Waals surface area contributed by atoms with Gasteiger partial charge in [0.1, 0.15) is 0 Å². The molecule has 4 radical (unpaired) electrons. The predicted octanol–water partition coefficient (Wildman–Crippen LogP) is -0.0323. The molecule has 3 atom stereocenters. The van der Waals surface area contributed by atoms with Crippen molar-refractivity contribution in [2.24, 2.45) is 17.8 Å². The average molecular weight is 1100 g/mol. The topological polar surface area (TPSA) is 241 Å². The van der Waals surface area contributed by atoms with Gasteiger partial charge >= 0.3 is 52.4 Å². The maximum absolute atomic E-state index is 10.6. The summed E-state index contributed by atoms with van der Waals surface area (Å²) in [4.78, 5) is 62.7. The van der Waals surface area contributed by atoms with Gasteiger partial charge in [0, 0.05) is 53.6 Å². The summed E-state index contributed by atoms with van der Waals surface area (Å²) < 4.78 is 0. The van der Waals surface area contributed by atoms with Gasteiger partial charge in [-0.25, -0.2) is 0 Å². The van der Waals surface area contributed by atoms with Gasteiger partial charge < -0.3 is 59.4 Å². The second-order valence-electron chi connectivity index (χ2n) is 12.4. The van der Waals surface area contributed by atoms with E-state index in [0.717, 1.165) is 77.0 Å². The van der Waals surface area contributed by atoms with Gasteiger partial charge in [-0.3, -0.25) is 0 Å². The van der Waals surface area contributed by atoms with Gasteiger partial charge in [-0.1, -0.05) is 136 Å². The summed E-state index contributed by atoms with van der Waals surface area (Å²) in [5.41, 5.74) is 0. The van der Waals surface area contributed by atoms with E-state index in [9.17, 15) is 59.4 Å². The van der Waals surface area contributed by atoms with Crippen molar-refractivity contribution in [2.45, 2.75) is 175 Å². The maximum atomic E-state index is 10.6. The Bertz CT molecular complexity index is 761. The molecule has 0 aliphatic heterocycles. The molecule has 0 aromatic carbocycles. The molecule has 0 N–H and O–H groups in total. The molecule has 0 aliphatic carbocycles. The van der Waals surface area contributed by atoms with Crippen LogP contribution in [0, 0.1) is 17.8 Å². The summed E-state index contributed by atoms with van der Waals surface area (Å²) in [6.07, 6.45) is 18.8. The van der Waals surface area contributed by atoms with E-state index in [1.807, 2.05) is 0 Å². The van der Waals surface area contributed by atoms with Crippen LogP contribution in [0.1, 0.15) is 175 Å². The van der Waals surface area contributed by atoms with Gasteiger partial charge in [-0.05, 0) is 38.5 Å². The first-order valence-electron chi connectivity index (χ1n) is 17.9.